The topological polar surface area (TPSA) is 95.9 Å². The summed E-state index contributed by atoms with van der Waals surface area (Å²) in [5.41, 5.74) is 0. The molecule has 0 aliphatic rings. The van der Waals surface area contributed by atoms with Crippen molar-refractivity contribution in [3.8, 4) is 0 Å². The Balaban J connectivity index is 3.29. The molecule has 0 bridgehead atoms. The largest absolute Gasteiger partial charge is 0.466 e. The highest BCUT2D eigenvalue weighted by Gasteiger charge is 2.20. The second kappa shape index (κ2) is 69.1. The van der Waals surface area contributed by atoms with Crippen molar-refractivity contribution in [1.82, 2.24) is 5.32 Å². The highest BCUT2D eigenvalue weighted by molar-refractivity contribution is 5.76. The van der Waals surface area contributed by atoms with Crippen LogP contribution < -0.4 is 5.32 Å². The van der Waals surface area contributed by atoms with Crippen LogP contribution in [0.1, 0.15) is 418 Å². The van der Waals surface area contributed by atoms with E-state index in [-0.39, 0.29) is 18.5 Å². The van der Waals surface area contributed by atoms with Crippen LogP contribution in [0.25, 0.3) is 0 Å². The lowest BCUT2D eigenvalue weighted by Crippen LogP contribution is -2.45. The number of aliphatic hydroxyl groups is 2. The number of esters is 1. The molecule has 0 rings (SSSR count). The summed E-state index contributed by atoms with van der Waals surface area (Å²) < 4.78 is 5.51. The van der Waals surface area contributed by atoms with Gasteiger partial charge in [0.15, 0.2) is 0 Å². The Kier molecular flexibility index (Phi) is 67.9. The number of nitrogens with one attached hydrogen (secondary N) is 1. The molecule has 3 N–H and O–H groups in total. The van der Waals surface area contributed by atoms with Gasteiger partial charge in [-0.2, -0.15) is 0 Å². The van der Waals surface area contributed by atoms with E-state index in [2.05, 4.69) is 31.3 Å². The van der Waals surface area contributed by atoms with Gasteiger partial charge in [0.25, 0.3) is 0 Å². The first kappa shape index (κ1) is 77.6. The van der Waals surface area contributed by atoms with Crippen LogP contribution in [0.5, 0.6) is 0 Å². The van der Waals surface area contributed by atoms with Crippen molar-refractivity contribution in [3.05, 3.63) is 12.2 Å². The first-order chi connectivity index (χ1) is 39.0. The van der Waals surface area contributed by atoms with Crippen LogP contribution >= 0.6 is 0 Å². The van der Waals surface area contributed by atoms with E-state index in [1.54, 1.807) is 0 Å². The van der Waals surface area contributed by atoms with Gasteiger partial charge >= 0.3 is 5.97 Å². The lowest BCUT2D eigenvalue weighted by atomic mass is 10.0. The predicted octanol–water partition coefficient (Wildman–Crippen LogP) is 23.5. The van der Waals surface area contributed by atoms with E-state index in [1.807, 2.05) is 0 Å². The fourth-order valence-electron chi connectivity index (χ4n) is 11.8. The Labute approximate surface area is 495 Å². The molecule has 0 spiro atoms. The number of carbonyl (C=O) groups is 2. The number of allylic oxidation sites excluding steroid dienone is 2. The molecule has 0 aromatic carbocycles. The molecule has 0 fully saturated rings. The minimum atomic E-state index is -0.659. The number of rotatable bonds is 69. The first-order valence-corrected chi connectivity index (χ1v) is 36.4. The molecule has 6 heteroatoms. The standard InChI is InChI=1S/C73H143NO5/c1-3-5-7-9-11-13-15-17-18-19-33-37-40-43-47-51-55-59-63-67-73(78)79-68-64-60-56-52-48-44-41-38-35-32-30-28-26-24-22-20-21-23-25-27-29-31-34-36-39-42-46-50-54-58-62-66-72(77)74-70(69-75)71(76)65-61-57-53-49-45-16-14-12-10-8-6-4-2/h17-18,70-71,75-76H,3-16,19-69H2,1-2H3,(H,74,77)/b18-17-. The number of carbonyl (C=O) groups excluding carboxylic acids is 2. The highest BCUT2D eigenvalue weighted by Crippen LogP contribution is 2.19. The maximum atomic E-state index is 12.5. The molecule has 0 aliphatic carbocycles. The molecular weight excluding hydrogens is 971 g/mol. The monoisotopic (exact) mass is 1110 g/mol. The van der Waals surface area contributed by atoms with Crippen molar-refractivity contribution in [2.45, 2.75) is 431 Å². The van der Waals surface area contributed by atoms with Crippen LogP contribution in [0.15, 0.2) is 12.2 Å². The summed E-state index contributed by atoms with van der Waals surface area (Å²) in [5.74, 6) is -0.00746. The Hall–Kier alpha value is -1.40. The number of hydrogen-bond donors (Lipinski definition) is 3. The molecule has 2 atom stereocenters. The molecule has 0 radical (unpaired) electrons. The number of ether oxygens (including phenoxy) is 1. The van der Waals surface area contributed by atoms with Crippen LogP contribution in [-0.4, -0.2) is 47.4 Å². The van der Waals surface area contributed by atoms with Gasteiger partial charge in [-0.15, -0.1) is 0 Å². The van der Waals surface area contributed by atoms with Gasteiger partial charge < -0.3 is 20.3 Å². The number of unbranched alkanes of at least 4 members (excludes halogenated alkanes) is 56. The summed E-state index contributed by atoms with van der Waals surface area (Å²) >= 11 is 0. The Morgan fingerprint density at radius 1 is 0.342 bits per heavy atom. The van der Waals surface area contributed by atoms with Gasteiger partial charge in [0, 0.05) is 12.8 Å². The van der Waals surface area contributed by atoms with E-state index in [9.17, 15) is 19.8 Å². The smallest absolute Gasteiger partial charge is 0.305 e. The SMILES string of the molecule is CCCCCCCC/C=C\CCCCCCCCCCCC(=O)OCCCCCCCCCCCCCCCCCCCCCCCCCCCCCCCCCC(=O)NC(CO)C(O)CCCCCCCCCCCCCC. The number of amides is 1. The fraction of sp³-hybridized carbons (Fsp3) is 0.945. The summed E-state index contributed by atoms with van der Waals surface area (Å²) in [6.45, 7) is 4.98. The summed E-state index contributed by atoms with van der Waals surface area (Å²) in [4.78, 5) is 24.6. The van der Waals surface area contributed by atoms with Crippen LogP contribution in [0, 0.1) is 0 Å². The van der Waals surface area contributed by atoms with Gasteiger partial charge in [-0.3, -0.25) is 9.59 Å². The summed E-state index contributed by atoms with van der Waals surface area (Å²) in [6.07, 6.45) is 85.7. The Morgan fingerprint density at radius 2 is 0.595 bits per heavy atom. The third-order valence-corrected chi connectivity index (χ3v) is 17.3. The van der Waals surface area contributed by atoms with E-state index < -0.39 is 12.1 Å². The van der Waals surface area contributed by atoms with E-state index in [0.717, 1.165) is 38.5 Å². The van der Waals surface area contributed by atoms with Crippen molar-refractivity contribution in [2.24, 2.45) is 0 Å². The maximum Gasteiger partial charge on any atom is 0.305 e. The van der Waals surface area contributed by atoms with E-state index >= 15 is 0 Å². The van der Waals surface area contributed by atoms with Crippen LogP contribution in [0.3, 0.4) is 0 Å². The molecule has 0 saturated carbocycles. The molecule has 0 aliphatic heterocycles. The second-order valence-electron chi connectivity index (χ2n) is 25.3. The van der Waals surface area contributed by atoms with Gasteiger partial charge in [-0.25, -0.2) is 0 Å². The average Bonchev–Trinajstić information content (AvgIpc) is 3.45. The normalized spacial score (nSPS) is 12.5. The molecule has 470 valence electrons. The average molecular weight is 1110 g/mol. The lowest BCUT2D eigenvalue weighted by Gasteiger charge is -2.22. The third-order valence-electron chi connectivity index (χ3n) is 17.3. The quantitative estimate of drug-likeness (QED) is 0.0320. The maximum absolute atomic E-state index is 12.5. The van der Waals surface area contributed by atoms with Crippen molar-refractivity contribution in [3.63, 3.8) is 0 Å². The summed E-state index contributed by atoms with van der Waals surface area (Å²) in [7, 11) is 0. The van der Waals surface area contributed by atoms with Crippen molar-refractivity contribution in [2.75, 3.05) is 13.2 Å². The molecule has 79 heavy (non-hydrogen) atoms. The van der Waals surface area contributed by atoms with Crippen molar-refractivity contribution in [1.29, 1.82) is 0 Å². The first-order valence-electron chi connectivity index (χ1n) is 36.4. The lowest BCUT2D eigenvalue weighted by molar-refractivity contribution is -0.143. The molecule has 0 aromatic rings. The molecule has 2 unspecified atom stereocenters. The molecule has 0 aromatic heterocycles. The zero-order chi connectivity index (χ0) is 57.1. The summed E-state index contributed by atoms with van der Waals surface area (Å²) in [6, 6.07) is -0.536. The Bertz CT molecular complexity index is 1190. The van der Waals surface area contributed by atoms with Gasteiger partial charge in [-0.1, -0.05) is 366 Å². The van der Waals surface area contributed by atoms with Gasteiger partial charge in [0.05, 0.1) is 25.4 Å². The third kappa shape index (κ3) is 65.6. The van der Waals surface area contributed by atoms with Gasteiger partial charge in [-0.05, 0) is 51.4 Å². The number of hydrogen-bond acceptors (Lipinski definition) is 5. The summed E-state index contributed by atoms with van der Waals surface area (Å²) in [5, 5.41) is 23.3. The van der Waals surface area contributed by atoms with E-state index in [1.165, 1.54) is 347 Å². The Morgan fingerprint density at radius 3 is 0.899 bits per heavy atom. The molecular formula is C73H143NO5. The fourth-order valence-corrected chi connectivity index (χ4v) is 11.8. The van der Waals surface area contributed by atoms with Gasteiger partial charge in [0.2, 0.25) is 5.91 Å². The molecule has 6 nitrogen and oxygen atoms in total. The molecule has 0 saturated heterocycles. The highest BCUT2D eigenvalue weighted by atomic mass is 16.5. The molecule has 0 heterocycles. The zero-order valence-corrected chi connectivity index (χ0v) is 53.9. The van der Waals surface area contributed by atoms with Crippen LogP contribution in [0.4, 0.5) is 0 Å². The van der Waals surface area contributed by atoms with Crippen molar-refractivity contribution < 1.29 is 24.5 Å². The van der Waals surface area contributed by atoms with Gasteiger partial charge in [0.1, 0.15) is 0 Å². The van der Waals surface area contributed by atoms with E-state index in [0.29, 0.717) is 25.9 Å². The van der Waals surface area contributed by atoms with Crippen LogP contribution in [0.2, 0.25) is 0 Å². The zero-order valence-electron chi connectivity index (χ0n) is 53.9. The number of aliphatic hydroxyl groups excluding tert-OH is 2. The van der Waals surface area contributed by atoms with Crippen molar-refractivity contribution >= 4 is 11.9 Å². The van der Waals surface area contributed by atoms with E-state index in [4.69, 9.17) is 4.74 Å². The second-order valence-corrected chi connectivity index (χ2v) is 25.3. The molecule has 1 amide bonds. The minimum Gasteiger partial charge on any atom is -0.466 e. The van der Waals surface area contributed by atoms with Crippen LogP contribution in [-0.2, 0) is 14.3 Å². The minimum absolute atomic E-state index is 0.0212. The predicted molar refractivity (Wildman–Crippen MR) is 347 cm³/mol.